The molecule has 1 rings (SSSR count). The van der Waals surface area contributed by atoms with Gasteiger partial charge in [0.25, 0.3) is 0 Å². The van der Waals surface area contributed by atoms with Crippen LogP contribution in [0.2, 0.25) is 0 Å². The van der Waals surface area contributed by atoms with Gasteiger partial charge in [0.2, 0.25) is 0 Å². The van der Waals surface area contributed by atoms with Crippen molar-refractivity contribution in [1.82, 2.24) is 4.98 Å². The van der Waals surface area contributed by atoms with Gasteiger partial charge >= 0.3 is 5.97 Å². The standard InChI is InChI=1S/C9H11NO2/c1-5-4-6(2)10-8(7(5)3)9(11)12/h4H,1-3H3,(H,11,12). The van der Waals surface area contributed by atoms with Gasteiger partial charge in [-0.1, -0.05) is 0 Å². The lowest BCUT2D eigenvalue weighted by Gasteiger charge is -2.04. The Hall–Kier alpha value is -1.38. The first kappa shape index (κ1) is 8.71. The fourth-order valence-electron chi connectivity index (χ4n) is 1.11. The van der Waals surface area contributed by atoms with E-state index in [0.29, 0.717) is 0 Å². The van der Waals surface area contributed by atoms with E-state index in [1.165, 1.54) is 0 Å². The summed E-state index contributed by atoms with van der Waals surface area (Å²) in [4.78, 5) is 14.6. The van der Waals surface area contributed by atoms with E-state index in [4.69, 9.17) is 5.11 Å². The normalized spacial score (nSPS) is 9.92. The minimum Gasteiger partial charge on any atom is -0.477 e. The monoisotopic (exact) mass is 165 g/mol. The van der Waals surface area contributed by atoms with Crippen LogP contribution in [-0.2, 0) is 0 Å². The maximum atomic E-state index is 10.7. The summed E-state index contributed by atoms with van der Waals surface area (Å²) in [7, 11) is 0. The molecule has 1 heterocycles. The first-order valence-electron chi connectivity index (χ1n) is 3.70. The predicted molar refractivity (Wildman–Crippen MR) is 45.4 cm³/mol. The van der Waals surface area contributed by atoms with E-state index < -0.39 is 5.97 Å². The zero-order valence-corrected chi connectivity index (χ0v) is 7.38. The molecule has 0 saturated heterocycles. The number of nitrogens with zero attached hydrogens (tertiary/aromatic N) is 1. The number of aromatic nitrogens is 1. The number of carboxylic acids is 1. The van der Waals surface area contributed by atoms with Crippen molar-refractivity contribution in [2.75, 3.05) is 0 Å². The summed E-state index contributed by atoms with van der Waals surface area (Å²) in [5.74, 6) is -0.959. The number of aryl methyl sites for hydroxylation is 2. The van der Waals surface area contributed by atoms with E-state index >= 15 is 0 Å². The van der Waals surface area contributed by atoms with Crippen molar-refractivity contribution >= 4 is 5.97 Å². The van der Waals surface area contributed by atoms with Gasteiger partial charge in [-0.05, 0) is 38.0 Å². The molecular weight excluding hydrogens is 154 g/mol. The van der Waals surface area contributed by atoms with E-state index in [1.807, 2.05) is 13.0 Å². The molecule has 0 amide bonds. The molecular formula is C9H11NO2. The third kappa shape index (κ3) is 1.44. The SMILES string of the molecule is Cc1cc(C)c(C)c(C(=O)O)n1. The van der Waals surface area contributed by atoms with Crippen LogP contribution in [0.4, 0.5) is 0 Å². The lowest BCUT2D eigenvalue weighted by Crippen LogP contribution is -2.06. The Morgan fingerprint density at radius 1 is 1.42 bits per heavy atom. The van der Waals surface area contributed by atoms with Gasteiger partial charge in [0.15, 0.2) is 5.69 Å². The smallest absolute Gasteiger partial charge is 0.354 e. The van der Waals surface area contributed by atoms with Crippen molar-refractivity contribution in [3.63, 3.8) is 0 Å². The molecule has 0 aromatic carbocycles. The molecule has 0 fully saturated rings. The quantitative estimate of drug-likeness (QED) is 0.689. The molecule has 0 radical (unpaired) electrons. The summed E-state index contributed by atoms with van der Waals surface area (Å²) in [6.07, 6.45) is 0. The summed E-state index contributed by atoms with van der Waals surface area (Å²) in [6, 6.07) is 1.88. The minimum atomic E-state index is -0.959. The average Bonchev–Trinajstić information content (AvgIpc) is 1.96. The van der Waals surface area contributed by atoms with E-state index in [2.05, 4.69) is 4.98 Å². The zero-order valence-electron chi connectivity index (χ0n) is 7.38. The predicted octanol–water partition coefficient (Wildman–Crippen LogP) is 1.71. The van der Waals surface area contributed by atoms with Crippen LogP contribution in [0.25, 0.3) is 0 Å². The van der Waals surface area contributed by atoms with Gasteiger partial charge in [-0.2, -0.15) is 0 Å². The summed E-state index contributed by atoms with van der Waals surface area (Å²) < 4.78 is 0. The van der Waals surface area contributed by atoms with Gasteiger partial charge in [-0.25, -0.2) is 9.78 Å². The molecule has 1 aromatic heterocycles. The van der Waals surface area contributed by atoms with E-state index in [-0.39, 0.29) is 5.69 Å². The number of aromatic carboxylic acids is 1. The van der Waals surface area contributed by atoms with Crippen LogP contribution in [0.15, 0.2) is 6.07 Å². The highest BCUT2D eigenvalue weighted by molar-refractivity contribution is 5.87. The molecule has 0 bridgehead atoms. The van der Waals surface area contributed by atoms with Crippen molar-refractivity contribution in [2.45, 2.75) is 20.8 Å². The van der Waals surface area contributed by atoms with Crippen LogP contribution in [0.5, 0.6) is 0 Å². The third-order valence-electron chi connectivity index (χ3n) is 1.86. The Kier molecular flexibility index (Phi) is 2.13. The van der Waals surface area contributed by atoms with Crippen molar-refractivity contribution in [1.29, 1.82) is 0 Å². The Bertz CT molecular complexity index is 332. The first-order chi connectivity index (χ1) is 5.52. The van der Waals surface area contributed by atoms with E-state index in [0.717, 1.165) is 16.8 Å². The van der Waals surface area contributed by atoms with Crippen LogP contribution in [0.1, 0.15) is 27.3 Å². The highest BCUT2D eigenvalue weighted by atomic mass is 16.4. The maximum Gasteiger partial charge on any atom is 0.354 e. The molecule has 0 aliphatic rings. The lowest BCUT2D eigenvalue weighted by atomic mass is 10.1. The molecule has 3 heteroatoms. The molecule has 0 spiro atoms. The van der Waals surface area contributed by atoms with Gasteiger partial charge in [0, 0.05) is 5.69 Å². The molecule has 64 valence electrons. The molecule has 1 N–H and O–H groups in total. The van der Waals surface area contributed by atoms with Crippen molar-refractivity contribution in [3.8, 4) is 0 Å². The fourth-order valence-corrected chi connectivity index (χ4v) is 1.11. The first-order valence-corrected chi connectivity index (χ1v) is 3.70. The molecule has 0 saturated carbocycles. The van der Waals surface area contributed by atoms with Gasteiger partial charge < -0.3 is 5.11 Å². The van der Waals surface area contributed by atoms with Crippen LogP contribution in [-0.4, -0.2) is 16.1 Å². The van der Waals surface area contributed by atoms with Crippen LogP contribution in [0.3, 0.4) is 0 Å². The van der Waals surface area contributed by atoms with Crippen LogP contribution >= 0.6 is 0 Å². The Balaban J connectivity index is 3.37. The van der Waals surface area contributed by atoms with E-state index in [1.54, 1.807) is 13.8 Å². The second-order valence-electron chi connectivity index (χ2n) is 2.86. The fraction of sp³-hybridized carbons (Fsp3) is 0.333. The summed E-state index contributed by atoms with van der Waals surface area (Å²) in [5, 5.41) is 8.75. The Morgan fingerprint density at radius 2 is 2.00 bits per heavy atom. The number of carbonyl (C=O) groups is 1. The van der Waals surface area contributed by atoms with Gasteiger partial charge in [0.1, 0.15) is 0 Å². The molecule has 0 aliphatic heterocycles. The second kappa shape index (κ2) is 2.93. The molecule has 12 heavy (non-hydrogen) atoms. The maximum absolute atomic E-state index is 10.7. The highest BCUT2D eigenvalue weighted by Crippen LogP contribution is 2.11. The largest absolute Gasteiger partial charge is 0.477 e. The molecule has 3 nitrogen and oxygen atoms in total. The van der Waals surface area contributed by atoms with Crippen molar-refractivity contribution in [3.05, 3.63) is 28.6 Å². The Labute approximate surface area is 71.1 Å². The Morgan fingerprint density at radius 3 is 2.50 bits per heavy atom. The zero-order chi connectivity index (χ0) is 9.30. The molecule has 0 atom stereocenters. The van der Waals surface area contributed by atoms with Crippen LogP contribution < -0.4 is 0 Å². The van der Waals surface area contributed by atoms with Crippen molar-refractivity contribution < 1.29 is 9.90 Å². The number of pyridine rings is 1. The number of hydrogen-bond donors (Lipinski definition) is 1. The van der Waals surface area contributed by atoms with Gasteiger partial charge in [-0.3, -0.25) is 0 Å². The van der Waals surface area contributed by atoms with E-state index in [9.17, 15) is 4.79 Å². The number of carboxylic acid groups (broad SMARTS) is 1. The summed E-state index contributed by atoms with van der Waals surface area (Å²) >= 11 is 0. The number of hydrogen-bond acceptors (Lipinski definition) is 2. The molecule has 0 aliphatic carbocycles. The lowest BCUT2D eigenvalue weighted by molar-refractivity contribution is 0.0689. The van der Waals surface area contributed by atoms with Crippen molar-refractivity contribution in [2.24, 2.45) is 0 Å². The molecule has 0 unspecified atom stereocenters. The number of rotatable bonds is 1. The summed E-state index contributed by atoms with van der Waals surface area (Å²) in [5.41, 5.74) is 2.62. The molecule has 1 aromatic rings. The minimum absolute atomic E-state index is 0.160. The van der Waals surface area contributed by atoms with Gasteiger partial charge in [0.05, 0.1) is 0 Å². The summed E-state index contributed by atoms with van der Waals surface area (Å²) in [6.45, 7) is 5.44. The second-order valence-corrected chi connectivity index (χ2v) is 2.86. The average molecular weight is 165 g/mol. The third-order valence-corrected chi connectivity index (χ3v) is 1.86. The highest BCUT2D eigenvalue weighted by Gasteiger charge is 2.10. The van der Waals surface area contributed by atoms with Crippen LogP contribution in [0, 0.1) is 20.8 Å². The topological polar surface area (TPSA) is 50.2 Å². The van der Waals surface area contributed by atoms with Gasteiger partial charge in [-0.15, -0.1) is 0 Å².